The smallest absolute Gasteiger partial charge is 0.338 e. The zero-order valence-electron chi connectivity index (χ0n) is 18.0. The third-order valence-corrected chi connectivity index (χ3v) is 11.1. The van der Waals surface area contributed by atoms with Crippen LogP contribution in [0.25, 0.3) is 0 Å². The van der Waals surface area contributed by atoms with Gasteiger partial charge in [0.2, 0.25) is 0 Å². The number of carbonyl (C=O) groups excluding carboxylic acids is 2. The maximum Gasteiger partial charge on any atom is 0.338 e. The lowest BCUT2D eigenvalue weighted by Crippen LogP contribution is -2.49. The Balaban J connectivity index is 2.36. The Kier molecular flexibility index (Phi) is 8.16. The summed E-state index contributed by atoms with van der Waals surface area (Å²) in [5, 5.41) is 21.1. The number of esters is 1. The maximum absolute atomic E-state index is 12.7. The lowest BCUT2D eigenvalue weighted by molar-refractivity contribution is -0.140. The largest absolute Gasteiger partial charge is 0.456 e. The number of aliphatic hydroxyl groups excluding tert-OH is 2. The normalized spacial score (nSPS) is 30.7. The first kappa shape index (κ1) is 23.7. The van der Waals surface area contributed by atoms with Gasteiger partial charge in [-0.05, 0) is 30.3 Å². The minimum atomic E-state index is -2.07. The number of benzene rings is 1. The highest BCUT2D eigenvalue weighted by atomic mass is 28.4. The molecule has 0 heterocycles. The summed E-state index contributed by atoms with van der Waals surface area (Å²) in [6.07, 6.45) is -4.69. The fraction of sp³-hybridized carbons (Fsp3) is 0.636. The molecule has 0 bridgehead atoms. The van der Waals surface area contributed by atoms with Crippen molar-refractivity contribution < 1.29 is 29.0 Å². The Morgan fingerprint density at radius 1 is 1.00 bits per heavy atom. The summed E-state index contributed by atoms with van der Waals surface area (Å²) in [7, 11) is -2.07. The van der Waals surface area contributed by atoms with Crippen LogP contribution in [0.3, 0.4) is 0 Å². The monoisotopic (exact) mass is 422 g/mol. The van der Waals surface area contributed by atoms with Gasteiger partial charge in [0.15, 0.2) is 14.1 Å². The third-order valence-electron chi connectivity index (χ3n) is 6.50. The minimum absolute atomic E-state index is 0.349. The molecule has 1 aliphatic carbocycles. The van der Waals surface area contributed by atoms with E-state index >= 15 is 0 Å². The van der Waals surface area contributed by atoms with Crippen molar-refractivity contribution in [1.82, 2.24) is 0 Å². The summed E-state index contributed by atoms with van der Waals surface area (Å²) in [6.45, 7) is 9.84. The van der Waals surface area contributed by atoms with Crippen LogP contribution in [0.1, 0.15) is 45.0 Å². The van der Waals surface area contributed by atoms with Gasteiger partial charge >= 0.3 is 5.97 Å². The molecule has 6 atom stereocenters. The van der Waals surface area contributed by atoms with Gasteiger partial charge in [-0.3, -0.25) is 4.79 Å². The first-order valence-corrected chi connectivity index (χ1v) is 13.1. The molecule has 1 aromatic carbocycles. The molecular weight excluding hydrogens is 388 g/mol. The zero-order valence-corrected chi connectivity index (χ0v) is 19.0. The van der Waals surface area contributed by atoms with E-state index in [4.69, 9.17) is 9.16 Å². The molecule has 0 amide bonds. The summed E-state index contributed by atoms with van der Waals surface area (Å²) >= 11 is 0. The molecule has 0 spiro atoms. The van der Waals surface area contributed by atoms with Crippen LogP contribution >= 0.6 is 0 Å². The molecule has 2 rings (SSSR count). The zero-order chi connectivity index (χ0) is 21.8. The van der Waals surface area contributed by atoms with Gasteiger partial charge in [0, 0.05) is 11.8 Å². The van der Waals surface area contributed by atoms with Crippen LogP contribution in [0, 0.1) is 11.8 Å². The second-order valence-electron chi connectivity index (χ2n) is 8.05. The fourth-order valence-corrected chi connectivity index (χ4v) is 7.17. The Morgan fingerprint density at radius 2 is 1.55 bits per heavy atom. The second kappa shape index (κ2) is 9.98. The van der Waals surface area contributed by atoms with Crippen LogP contribution in [-0.2, 0) is 14.0 Å². The molecule has 7 heteroatoms. The highest BCUT2D eigenvalue weighted by molar-refractivity contribution is 6.73. The average Bonchev–Trinajstić information content (AvgIpc) is 2.80. The van der Waals surface area contributed by atoms with E-state index in [-0.39, 0.29) is 0 Å². The van der Waals surface area contributed by atoms with Gasteiger partial charge in [-0.15, -0.1) is 0 Å². The molecule has 29 heavy (non-hydrogen) atoms. The van der Waals surface area contributed by atoms with E-state index in [0.29, 0.717) is 5.56 Å². The third kappa shape index (κ3) is 4.96. The van der Waals surface area contributed by atoms with Crippen molar-refractivity contribution in [2.45, 2.75) is 77.2 Å². The Bertz CT molecular complexity index is 682. The molecule has 2 unspecified atom stereocenters. The molecular formula is C22H34O6Si. The molecule has 1 fully saturated rings. The van der Waals surface area contributed by atoms with Crippen LogP contribution < -0.4 is 0 Å². The van der Waals surface area contributed by atoms with Gasteiger partial charge in [-0.2, -0.15) is 0 Å². The van der Waals surface area contributed by atoms with Crippen molar-refractivity contribution in [2.75, 3.05) is 0 Å². The molecule has 0 saturated heterocycles. The fourth-order valence-electron chi connectivity index (χ4n) is 4.17. The lowest BCUT2D eigenvalue weighted by Gasteiger charge is -2.39. The number of Topliss-reactive ketones (excluding diaryl/α,β-unsaturated/α-hetero) is 1. The average molecular weight is 423 g/mol. The maximum atomic E-state index is 12.7. The number of hydrogen-bond donors (Lipinski definition) is 2. The first-order chi connectivity index (χ1) is 13.7. The van der Waals surface area contributed by atoms with Crippen LogP contribution in [0.5, 0.6) is 0 Å². The lowest BCUT2D eigenvalue weighted by atomic mass is 9.90. The Labute approximate surface area is 174 Å². The number of ketones is 1. The summed E-state index contributed by atoms with van der Waals surface area (Å²) in [6, 6.07) is 11.2. The molecule has 0 radical (unpaired) electrons. The number of ether oxygens (including phenoxy) is 1. The molecule has 0 aromatic heterocycles. The Hall–Kier alpha value is -1.54. The summed E-state index contributed by atoms with van der Waals surface area (Å²) in [5.74, 6) is -2.13. The Morgan fingerprint density at radius 3 is 2.07 bits per heavy atom. The second-order valence-corrected chi connectivity index (χ2v) is 12.8. The molecule has 1 aromatic rings. The van der Waals surface area contributed by atoms with Crippen molar-refractivity contribution in [3.05, 3.63) is 35.9 Å². The molecule has 0 aliphatic heterocycles. The molecule has 1 saturated carbocycles. The van der Waals surface area contributed by atoms with E-state index < -0.39 is 56.3 Å². The topological polar surface area (TPSA) is 93.1 Å². The van der Waals surface area contributed by atoms with Crippen molar-refractivity contribution in [1.29, 1.82) is 0 Å². The number of aliphatic hydroxyl groups is 2. The molecule has 162 valence electrons. The van der Waals surface area contributed by atoms with Gasteiger partial charge in [0.1, 0.15) is 18.3 Å². The van der Waals surface area contributed by atoms with E-state index in [1.54, 1.807) is 37.3 Å². The quantitative estimate of drug-likeness (QED) is 0.398. The van der Waals surface area contributed by atoms with Crippen molar-refractivity contribution in [3.63, 3.8) is 0 Å². The first-order valence-electron chi connectivity index (χ1n) is 10.5. The number of carbonyl (C=O) groups is 2. The van der Waals surface area contributed by atoms with Gasteiger partial charge < -0.3 is 19.4 Å². The van der Waals surface area contributed by atoms with E-state index in [2.05, 4.69) is 20.8 Å². The molecule has 6 nitrogen and oxygen atoms in total. The molecule has 1 aliphatic rings. The standard InChI is InChI=1S/C22H34O6Si/c1-6-29(7-2,8-3)28-20-14(4)17(23)18(24)19(25)21(15(20)5)27-22(26)16-12-10-9-11-13-16/h9-15,18-21,24-25H,6-8H2,1-5H3/t14-,15-,18?,19?,20-,21-/m1/s1. The van der Waals surface area contributed by atoms with Gasteiger partial charge in [0.25, 0.3) is 0 Å². The van der Waals surface area contributed by atoms with E-state index in [1.807, 2.05) is 6.92 Å². The van der Waals surface area contributed by atoms with Crippen LogP contribution in [0.2, 0.25) is 18.1 Å². The van der Waals surface area contributed by atoms with Gasteiger partial charge in [0.05, 0.1) is 11.7 Å². The van der Waals surface area contributed by atoms with E-state index in [1.165, 1.54) is 0 Å². The number of rotatable bonds is 7. The van der Waals surface area contributed by atoms with Crippen molar-refractivity contribution in [2.24, 2.45) is 11.8 Å². The predicted molar refractivity (Wildman–Crippen MR) is 113 cm³/mol. The van der Waals surface area contributed by atoms with E-state index in [9.17, 15) is 19.8 Å². The van der Waals surface area contributed by atoms with E-state index in [0.717, 1.165) is 18.1 Å². The molecule has 2 N–H and O–H groups in total. The SMILES string of the molecule is CC[Si](CC)(CC)O[C@H]1[C@@H](C)[C@@H](OC(=O)c2ccccc2)C(O)C(O)C(=O)[C@H]1C. The predicted octanol–water partition coefficient (Wildman–Crippen LogP) is 3.18. The minimum Gasteiger partial charge on any atom is -0.456 e. The van der Waals surface area contributed by atoms with Crippen LogP contribution in [-0.4, -0.2) is 54.7 Å². The summed E-state index contributed by atoms with van der Waals surface area (Å²) in [4.78, 5) is 25.4. The van der Waals surface area contributed by atoms with Crippen LogP contribution in [0.4, 0.5) is 0 Å². The highest BCUT2D eigenvalue weighted by Crippen LogP contribution is 2.35. The summed E-state index contributed by atoms with van der Waals surface area (Å²) < 4.78 is 12.2. The van der Waals surface area contributed by atoms with Crippen molar-refractivity contribution in [3.8, 4) is 0 Å². The highest BCUT2D eigenvalue weighted by Gasteiger charge is 2.50. The van der Waals surface area contributed by atoms with Gasteiger partial charge in [-0.25, -0.2) is 4.79 Å². The van der Waals surface area contributed by atoms with Crippen LogP contribution in [0.15, 0.2) is 30.3 Å². The summed E-state index contributed by atoms with van der Waals surface area (Å²) in [5.41, 5.74) is 0.349. The van der Waals surface area contributed by atoms with Gasteiger partial charge in [-0.1, -0.05) is 52.8 Å². The number of hydrogen-bond acceptors (Lipinski definition) is 6. The van der Waals surface area contributed by atoms with Crippen molar-refractivity contribution >= 4 is 20.1 Å².